The molecule has 1 fully saturated rings. The SMILES string of the molecule is CO[C@@H]1C[C@@H](c2ncn[nH]2)N(c2ccc(C#N)nc2)C1. The molecule has 3 rings (SSSR count). The van der Waals surface area contributed by atoms with E-state index in [0.717, 1.165) is 24.5 Å². The molecular weight excluding hydrogens is 256 g/mol. The van der Waals surface area contributed by atoms with Crippen LogP contribution in [0.25, 0.3) is 0 Å². The maximum atomic E-state index is 8.81. The quantitative estimate of drug-likeness (QED) is 0.896. The number of hydrogen-bond acceptors (Lipinski definition) is 6. The molecule has 7 heteroatoms. The minimum absolute atomic E-state index is 0.0807. The molecule has 1 aliphatic rings. The summed E-state index contributed by atoms with van der Waals surface area (Å²) >= 11 is 0. The predicted octanol–water partition coefficient (Wildman–Crippen LogP) is 1.04. The van der Waals surface area contributed by atoms with E-state index in [1.807, 2.05) is 12.1 Å². The van der Waals surface area contributed by atoms with E-state index in [0.29, 0.717) is 5.69 Å². The van der Waals surface area contributed by atoms with Gasteiger partial charge < -0.3 is 9.64 Å². The number of pyridine rings is 1. The lowest BCUT2D eigenvalue weighted by atomic mass is 10.2. The number of rotatable bonds is 3. The number of nitrogens with one attached hydrogen (secondary N) is 1. The fraction of sp³-hybridized carbons (Fsp3) is 0.385. The van der Waals surface area contributed by atoms with Crippen LogP contribution >= 0.6 is 0 Å². The van der Waals surface area contributed by atoms with Crippen molar-refractivity contribution in [2.45, 2.75) is 18.6 Å². The first-order valence-corrected chi connectivity index (χ1v) is 6.32. The second kappa shape index (κ2) is 5.27. The van der Waals surface area contributed by atoms with Crippen molar-refractivity contribution in [3.63, 3.8) is 0 Å². The van der Waals surface area contributed by atoms with Crippen LogP contribution in [0.2, 0.25) is 0 Å². The van der Waals surface area contributed by atoms with Crippen molar-refractivity contribution >= 4 is 5.69 Å². The van der Waals surface area contributed by atoms with Gasteiger partial charge >= 0.3 is 0 Å². The van der Waals surface area contributed by atoms with Crippen LogP contribution in [-0.2, 0) is 4.74 Å². The number of anilines is 1. The number of aromatic nitrogens is 4. The van der Waals surface area contributed by atoms with Gasteiger partial charge in [0.2, 0.25) is 0 Å². The molecule has 0 radical (unpaired) electrons. The van der Waals surface area contributed by atoms with Gasteiger partial charge in [0.25, 0.3) is 0 Å². The van der Waals surface area contributed by atoms with Gasteiger partial charge in [-0.1, -0.05) is 0 Å². The second-order valence-electron chi connectivity index (χ2n) is 4.65. The lowest BCUT2D eigenvalue weighted by Gasteiger charge is -2.24. The molecule has 1 saturated heterocycles. The molecule has 0 spiro atoms. The highest BCUT2D eigenvalue weighted by Gasteiger charge is 2.35. The minimum atomic E-state index is 0.0807. The Morgan fingerprint density at radius 3 is 2.95 bits per heavy atom. The van der Waals surface area contributed by atoms with Crippen LogP contribution < -0.4 is 4.90 Å². The normalized spacial score (nSPS) is 21.9. The van der Waals surface area contributed by atoms with Gasteiger partial charge in [-0.2, -0.15) is 10.4 Å². The van der Waals surface area contributed by atoms with Gasteiger partial charge in [-0.3, -0.25) is 5.10 Å². The van der Waals surface area contributed by atoms with Crippen LogP contribution in [0.1, 0.15) is 24.0 Å². The zero-order valence-corrected chi connectivity index (χ0v) is 11.0. The molecule has 2 atom stereocenters. The molecule has 0 aliphatic carbocycles. The van der Waals surface area contributed by atoms with E-state index in [1.165, 1.54) is 6.33 Å². The summed E-state index contributed by atoms with van der Waals surface area (Å²) in [5.74, 6) is 0.814. The van der Waals surface area contributed by atoms with Crippen LogP contribution in [0.4, 0.5) is 5.69 Å². The first-order chi connectivity index (χ1) is 9.81. The second-order valence-corrected chi connectivity index (χ2v) is 4.65. The number of nitrogens with zero attached hydrogens (tertiary/aromatic N) is 5. The van der Waals surface area contributed by atoms with Crippen LogP contribution in [0, 0.1) is 11.3 Å². The Morgan fingerprint density at radius 1 is 1.45 bits per heavy atom. The van der Waals surface area contributed by atoms with Crippen molar-refractivity contribution in [1.29, 1.82) is 5.26 Å². The molecule has 7 nitrogen and oxygen atoms in total. The number of methoxy groups -OCH3 is 1. The van der Waals surface area contributed by atoms with Crippen LogP contribution in [-0.4, -0.2) is 39.9 Å². The van der Waals surface area contributed by atoms with Gasteiger partial charge in [0.05, 0.1) is 24.0 Å². The number of hydrogen-bond donors (Lipinski definition) is 1. The van der Waals surface area contributed by atoms with Crippen molar-refractivity contribution in [1.82, 2.24) is 20.2 Å². The van der Waals surface area contributed by atoms with Crippen molar-refractivity contribution in [2.75, 3.05) is 18.6 Å². The first kappa shape index (κ1) is 12.6. The minimum Gasteiger partial charge on any atom is -0.380 e. The van der Waals surface area contributed by atoms with Crippen LogP contribution in [0.15, 0.2) is 24.7 Å². The lowest BCUT2D eigenvalue weighted by molar-refractivity contribution is 0.118. The summed E-state index contributed by atoms with van der Waals surface area (Å²) in [5.41, 5.74) is 1.36. The average Bonchev–Trinajstić information content (AvgIpc) is 3.16. The molecule has 0 amide bonds. The summed E-state index contributed by atoms with van der Waals surface area (Å²) in [6, 6.07) is 5.71. The zero-order chi connectivity index (χ0) is 13.9. The molecule has 0 saturated carbocycles. The number of H-pyrrole nitrogens is 1. The van der Waals surface area contributed by atoms with E-state index in [9.17, 15) is 0 Å². The fourth-order valence-electron chi connectivity index (χ4n) is 2.51. The van der Waals surface area contributed by atoms with Gasteiger partial charge in [-0.25, -0.2) is 9.97 Å². The molecule has 20 heavy (non-hydrogen) atoms. The van der Waals surface area contributed by atoms with E-state index in [4.69, 9.17) is 10.00 Å². The molecule has 3 heterocycles. The summed E-state index contributed by atoms with van der Waals surface area (Å²) in [6.45, 7) is 0.759. The lowest BCUT2D eigenvalue weighted by Crippen LogP contribution is -2.25. The molecule has 0 aromatic carbocycles. The number of ether oxygens (including phenoxy) is 1. The third-order valence-electron chi connectivity index (χ3n) is 3.54. The first-order valence-electron chi connectivity index (χ1n) is 6.32. The molecular formula is C13H14N6O. The molecule has 2 aromatic rings. The Morgan fingerprint density at radius 2 is 2.35 bits per heavy atom. The summed E-state index contributed by atoms with van der Waals surface area (Å²) in [5, 5.41) is 15.6. The molecule has 2 aromatic heterocycles. The van der Waals surface area contributed by atoms with Gasteiger partial charge in [0.1, 0.15) is 23.9 Å². The van der Waals surface area contributed by atoms with Gasteiger partial charge in [0.15, 0.2) is 0 Å². The number of aromatic amines is 1. The van der Waals surface area contributed by atoms with Crippen molar-refractivity contribution in [2.24, 2.45) is 0 Å². The molecule has 1 N–H and O–H groups in total. The molecule has 102 valence electrons. The van der Waals surface area contributed by atoms with Crippen molar-refractivity contribution < 1.29 is 4.74 Å². The van der Waals surface area contributed by atoms with E-state index >= 15 is 0 Å². The van der Waals surface area contributed by atoms with E-state index in [-0.39, 0.29) is 12.1 Å². The Labute approximate surface area is 116 Å². The maximum absolute atomic E-state index is 8.81. The standard InChI is InChI=1S/C13H14N6O/c1-20-11-4-12(13-16-8-17-18-13)19(7-11)10-3-2-9(5-14)15-6-10/h2-3,6,8,11-12H,4,7H2,1H3,(H,16,17,18)/t11-,12+/m1/s1. The van der Waals surface area contributed by atoms with E-state index < -0.39 is 0 Å². The molecule has 1 aliphatic heterocycles. The van der Waals surface area contributed by atoms with Crippen LogP contribution in [0.3, 0.4) is 0 Å². The van der Waals surface area contributed by atoms with E-state index in [2.05, 4.69) is 25.1 Å². The summed E-state index contributed by atoms with van der Waals surface area (Å²) in [7, 11) is 1.71. The highest BCUT2D eigenvalue weighted by Crippen LogP contribution is 2.35. The highest BCUT2D eigenvalue weighted by molar-refractivity contribution is 5.49. The Balaban J connectivity index is 1.90. The summed E-state index contributed by atoms with van der Waals surface area (Å²) < 4.78 is 5.46. The third kappa shape index (κ3) is 2.21. The third-order valence-corrected chi connectivity index (χ3v) is 3.54. The van der Waals surface area contributed by atoms with Gasteiger partial charge in [-0.05, 0) is 12.1 Å². The Bertz CT molecular complexity index is 603. The van der Waals surface area contributed by atoms with Crippen molar-refractivity contribution in [3.8, 4) is 6.07 Å². The van der Waals surface area contributed by atoms with Crippen molar-refractivity contribution in [3.05, 3.63) is 36.2 Å². The largest absolute Gasteiger partial charge is 0.380 e. The summed E-state index contributed by atoms with van der Waals surface area (Å²) in [6.07, 6.45) is 4.19. The Hall–Kier alpha value is -2.46. The molecule has 0 bridgehead atoms. The summed E-state index contributed by atoms with van der Waals surface area (Å²) in [4.78, 5) is 10.5. The fourth-order valence-corrected chi connectivity index (χ4v) is 2.51. The monoisotopic (exact) mass is 270 g/mol. The number of nitriles is 1. The van der Waals surface area contributed by atoms with E-state index in [1.54, 1.807) is 19.4 Å². The zero-order valence-electron chi connectivity index (χ0n) is 11.0. The average molecular weight is 270 g/mol. The predicted molar refractivity (Wildman–Crippen MR) is 70.8 cm³/mol. The van der Waals surface area contributed by atoms with Gasteiger partial charge in [-0.15, -0.1) is 0 Å². The maximum Gasteiger partial charge on any atom is 0.147 e. The highest BCUT2D eigenvalue weighted by atomic mass is 16.5. The Kier molecular flexibility index (Phi) is 3.31. The topological polar surface area (TPSA) is 90.7 Å². The molecule has 0 unspecified atom stereocenters. The van der Waals surface area contributed by atoms with Crippen LogP contribution in [0.5, 0.6) is 0 Å². The van der Waals surface area contributed by atoms with Gasteiger partial charge in [0, 0.05) is 20.1 Å². The smallest absolute Gasteiger partial charge is 0.147 e.